The minimum absolute atomic E-state index is 0.0622. The van der Waals surface area contributed by atoms with E-state index in [1.807, 2.05) is 0 Å². The van der Waals surface area contributed by atoms with Gasteiger partial charge in [0.2, 0.25) is 5.89 Å². The van der Waals surface area contributed by atoms with Crippen LogP contribution in [0.15, 0.2) is 64.2 Å². The molecule has 5 heterocycles. The summed E-state index contributed by atoms with van der Waals surface area (Å²) in [6.07, 6.45) is -2.27. The Morgan fingerprint density at radius 2 is 1.79 bits per heavy atom. The highest BCUT2D eigenvalue weighted by Crippen LogP contribution is 2.32. The minimum atomic E-state index is -4.33. The van der Waals surface area contributed by atoms with Gasteiger partial charge in [0.1, 0.15) is 5.82 Å². The molecule has 0 radical (unpaired) electrons. The van der Waals surface area contributed by atoms with Crippen molar-refractivity contribution in [1.29, 1.82) is 0 Å². The molecule has 15 heteroatoms. The van der Waals surface area contributed by atoms with Gasteiger partial charge in [0.05, 0.1) is 35.4 Å². The van der Waals surface area contributed by atoms with E-state index in [1.54, 1.807) is 30.5 Å². The Morgan fingerprint density at radius 3 is 2.42 bits per heavy atom. The highest BCUT2D eigenvalue weighted by atomic mass is 19.4. The molecule has 0 unspecified atom stereocenters. The fraction of sp³-hybridized carbons (Fsp3) is 0.321. The molecule has 0 saturated carbocycles. The molecule has 6 rings (SSSR count). The van der Waals surface area contributed by atoms with Gasteiger partial charge >= 0.3 is 18.3 Å². The normalized spacial score (nSPS) is 15.1. The van der Waals surface area contributed by atoms with Crippen molar-refractivity contribution in [3.63, 3.8) is 0 Å². The third-order valence-electron chi connectivity index (χ3n) is 7.37. The maximum Gasteiger partial charge on any atom is 0.401 e. The van der Waals surface area contributed by atoms with Crippen LogP contribution in [-0.4, -0.2) is 60.0 Å². The molecule has 43 heavy (non-hydrogen) atoms. The number of likely N-dealkylation sites (tertiary alicyclic amines) is 1. The van der Waals surface area contributed by atoms with Gasteiger partial charge in [0.25, 0.3) is 5.89 Å². The van der Waals surface area contributed by atoms with Crippen molar-refractivity contribution in [3.05, 3.63) is 82.9 Å². The Hall–Kier alpha value is -4.53. The fourth-order valence-electron chi connectivity index (χ4n) is 5.38. The van der Waals surface area contributed by atoms with Gasteiger partial charge in [-0.1, -0.05) is 6.07 Å². The standard InChI is InChI=1S/C28H23F6N7O2/c29-21-11-22-23(10-20(21)16-2-1-7-35-12-16)41(19-5-8-39(9-6-19)15-28(32,33)34)27(42)40(22)14-18-4-3-17(13-36-18)25-37-38-26(43-25)24(30)31/h1-4,7,10-13,19,24H,5-6,8-9,14-15H2. The first-order valence-electron chi connectivity index (χ1n) is 13.3. The molecule has 1 aromatic carbocycles. The van der Waals surface area contributed by atoms with Crippen molar-refractivity contribution in [2.24, 2.45) is 0 Å². The number of pyridine rings is 2. The molecule has 5 aromatic rings. The highest BCUT2D eigenvalue weighted by molar-refractivity contribution is 5.83. The van der Waals surface area contributed by atoms with Gasteiger partial charge in [-0.2, -0.15) is 22.0 Å². The lowest BCUT2D eigenvalue weighted by Gasteiger charge is -2.32. The Labute approximate surface area is 239 Å². The van der Waals surface area contributed by atoms with Gasteiger partial charge in [-0.25, -0.2) is 9.18 Å². The van der Waals surface area contributed by atoms with Gasteiger partial charge in [0.15, 0.2) is 0 Å². The number of hydrogen-bond acceptors (Lipinski definition) is 7. The van der Waals surface area contributed by atoms with E-state index >= 15 is 4.39 Å². The molecule has 0 N–H and O–H groups in total. The van der Waals surface area contributed by atoms with Gasteiger partial charge in [0, 0.05) is 54.9 Å². The molecule has 224 valence electrons. The number of rotatable bonds is 7. The zero-order chi connectivity index (χ0) is 30.3. The zero-order valence-electron chi connectivity index (χ0n) is 22.3. The predicted octanol–water partition coefficient (Wildman–Crippen LogP) is 5.63. The van der Waals surface area contributed by atoms with E-state index in [-0.39, 0.29) is 42.2 Å². The van der Waals surface area contributed by atoms with Crippen molar-refractivity contribution >= 4 is 11.0 Å². The summed E-state index contributed by atoms with van der Waals surface area (Å²) < 4.78 is 87.8. The van der Waals surface area contributed by atoms with Gasteiger partial charge in [-0.05, 0) is 37.1 Å². The van der Waals surface area contributed by atoms with Crippen molar-refractivity contribution in [2.75, 3.05) is 19.6 Å². The second-order valence-corrected chi connectivity index (χ2v) is 10.2. The number of nitrogens with zero attached hydrogens (tertiary/aromatic N) is 7. The summed E-state index contributed by atoms with van der Waals surface area (Å²) in [7, 11) is 0. The molecule has 0 aliphatic carbocycles. The van der Waals surface area contributed by atoms with Crippen LogP contribution in [0.4, 0.5) is 26.3 Å². The van der Waals surface area contributed by atoms with Gasteiger partial charge in [-0.3, -0.25) is 24.0 Å². The number of benzene rings is 1. The molecule has 0 bridgehead atoms. The predicted molar refractivity (Wildman–Crippen MR) is 142 cm³/mol. The number of imidazole rings is 1. The van der Waals surface area contributed by atoms with Crippen molar-refractivity contribution in [3.8, 4) is 22.6 Å². The maximum atomic E-state index is 15.5. The number of halogens is 6. The molecule has 1 fully saturated rings. The SMILES string of the molecule is O=c1n(Cc2ccc(-c3nnc(C(F)F)o3)cn2)c2cc(F)c(-c3cccnc3)cc2n1C1CCN(CC(F)(F)F)CC1. The molecular weight excluding hydrogens is 580 g/mol. The summed E-state index contributed by atoms with van der Waals surface area (Å²) in [6.45, 7) is -0.799. The Kier molecular flexibility index (Phi) is 7.50. The van der Waals surface area contributed by atoms with Crippen LogP contribution in [0.25, 0.3) is 33.6 Å². The molecule has 1 saturated heterocycles. The molecule has 0 atom stereocenters. The smallest absolute Gasteiger partial charge is 0.401 e. The summed E-state index contributed by atoms with van der Waals surface area (Å²) in [4.78, 5) is 23.5. The number of piperidine rings is 1. The first-order valence-corrected chi connectivity index (χ1v) is 13.3. The Bertz CT molecular complexity index is 1790. The lowest BCUT2D eigenvalue weighted by atomic mass is 10.0. The third-order valence-corrected chi connectivity index (χ3v) is 7.37. The second kappa shape index (κ2) is 11.3. The monoisotopic (exact) mass is 603 g/mol. The summed E-state index contributed by atoms with van der Waals surface area (Å²) in [5.74, 6) is -1.55. The van der Waals surface area contributed by atoms with E-state index in [0.717, 1.165) is 0 Å². The van der Waals surface area contributed by atoms with Crippen molar-refractivity contribution in [2.45, 2.75) is 38.0 Å². The minimum Gasteiger partial charge on any atom is -0.415 e. The first-order chi connectivity index (χ1) is 20.6. The lowest BCUT2D eigenvalue weighted by Crippen LogP contribution is -2.42. The van der Waals surface area contributed by atoms with E-state index in [1.165, 1.54) is 38.6 Å². The highest BCUT2D eigenvalue weighted by Gasteiger charge is 2.34. The van der Waals surface area contributed by atoms with Crippen molar-refractivity contribution < 1.29 is 30.8 Å². The topological polar surface area (TPSA) is 94.9 Å². The van der Waals surface area contributed by atoms with E-state index in [0.29, 0.717) is 29.6 Å². The van der Waals surface area contributed by atoms with Gasteiger partial charge < -0.3 is 4.42 Å². The largest absolute Gasteiger partial charge is 0.415 e. The number of alkyl halides is 5. The molecule has 0 amide bonds. The van der Waals surface area contributed by atoms with Crippen LogP contribution >= 0.6 is 0 Å². The summed E-state index contributed by atoms with van der Waals surface area (Å²) >= 11 is 0. The lowest BCUT2D eigenvalue weighted by molar-refractivity contribution is -0.148. The number of fused-ring (bicyclic) bond motifs is 1. The zero-order valence-corrected chi connectivity index (χ0v) is 22.3. The molecule has 1 aliphatic rings. The maximum absolute atomic E-state index is 15.5. The molecule has 9 nitrogen and oxygen atoms in total. The van der Waals surface area contributed by atoms with Gasteiger partial charge in [-0.15, -0.1) is 10.2 Å². The van der Waals surface area contributed by atoms with Crippen LogP contribution in [0, 0.1) is 5.82 Å². The average Bonchev–Trinajstić information content (AvgIpc) is 3.57. The summed E-state index contributed by atoms with van der Waals surface area (Å²) in [5, 5.41) is 6.89. The van der Waals surface area contributed by atoms with Crippen LogP contribution in [0.5, 0.6) is 0 Å². The Morgan fingerprint density at radius 1 is 1.00 bits per heavy atom. The third kappa shape index (κ3) is 5.89. The van der Waals surface area contributed by atoms with E-state index in [4.69, 9.17) is 4.42 Å². The Balaban J connectivity index is 1.37. The number of hydrogen-bond donors (Lipinski definition) is 0. The van der Waals surface area contributed by atoms with E-state index in [9.17, 15) is 26.7 Å². The van der Waals surface area contributed by atoms with Crippen LogP contribution in [0.1, 0.15) is 36.9 Å². The number of aromatic nitrogens is 6. The second-order valence-electron chi connectivity index (χ2n) is 10.2. The molecule has 1 aliphatic heterocycles. The fourth-order valence-corrected chi connectivity index (χ4v) is 5.38. The summed E-state index contributed by atoms with van der Waals surface area (Å²) in [6, 6.07) is 8.82. The molecule has 4 aromatic heterocycles. The average molecular weight is 604 g/mol. The molecular formula is C28H23F6N7O2. The van der Waals surface area contributed by atoms with Crippen LogP contribution in [-0.2, 0) is 6.54 Å². The van der Waals surface area contributed by atoms with Crippen LogP contribution < -0.4 is 5.69 Å². The van der Waals surface area contributed by atoms with Crippen LogP contribution in [0.3, 0.4) is 0 Å². The summed E-state index contributed by atoms with van der Waals surface area (Å²) in [5.41, 5.74) is 1.68. The van der Waals surface area contributed by atoms with E-state index < -0.39 is 42.6 Å². The van der Waals surface area contributed by atoms with Crippen LogP contribution in [0.2, 0.25) is 0 Å². The molecule has 0 spiro atoms. The van der Waals surface area contributed by atoms with E-state index in [2.05, 4.69) is 20.2 Å². The quantitative estimate of drug-likeness (QED) is 0.223. The first kappa shape index (κ1) is 28.6. The van der Waals surface area contributed by atoms with Crippen molar-refractivity contribution in [1.82, 2.24) is 34.2 Å².